The second kappa shape index (κ2) is 4.15. The molecule has 0 aromatic carbocycles. The van der Waals surface area contributed by atoms with Crippen molar-refractivity contribution in [1.29, 1.82) is 0 Å². The van der Waals surface area contributed by atoms with Gasteiger partial charge in [0.25, 0.3) is 0 Å². The molecule has 1 aliphatic heterocycles. The molecule has 1 heterocycles. The van der Waals surface area contributed by atoms with Crippen molar-refractivity contribution in [3.05, 3.63) is 0 Å². The van der Waals surface area contributed by atoms with Crippen LogP contribution in [-0.2, 0) is 0 Å². The van der Waals surface area contributed by atoms with Gasteiger partial charge in [-0.05, 0) is 0 Å². The van der Waals surface area contributed by atoms with E-state index in [0.29, 0.717) is 0 Å². The second-order valence-electron chi connectivity index (χ2n) is 3.90. The molecule has 0 atom stereocenters. The first kappa shape index (κ1) is 9.68. The van der Waals surface area contributed by atoms with Crippen molar-refractivity contribution in [2.24, 2.45) is 0 Å². The molecular weight excluding hydrogens is 578 g/mol. The van der Waals surface area contributed by atoms with Crippen LogP contribution in [0.15, 0.2) is 0 Å². The fourth-order valence-electron chi connectivity index (χ4n) is 1.63. The van der Waals surface area contributed by atoms with Gasteiger partial charge in [0.1, 0.15) is 0 Å². The summed E-state index contributed by atoms with van der Waals surface area (Å²) in [6.45, 7) is 0. The third-order valence-electron chi connectivity index (χ3n) is 3.07. The second-order valence-corrected chi connectivity index (χ2v) is 69.4. The van der Waals surface area contributed by atoms with E-state index >= 15 is 0 Å². The van der Waals surface area contributed by atoms with Crippen LogP contribution in [0, 0.1) is 0 Å². The van der Waals surface area contributed by atoms with Gasteiger partial charge in [0.15, 0.2) is 0 Å². The third-order valence-corrected chi connectivity index (χ3v) is 158. The van der Waals surface area contributed by atoms with Gasteiger partial charge in [0.05, 0.1) is 0 Å². The standard InChI is InChI=1S/2C4H7.2Bi.2S/c2*1-2-4-3-1;;;;/h2*1H,2-4H2;;;;. The van der Waals surface area contributed by atoms with E-state index in [1.165, 1.54) is 7.25 Å². The van der Waals surface area contributed by atoms with Crippen molar-refractivity contribution in [1.82, 2.24) is 0 Å². The third kappa shape index (κ3) is 1.77. The van der Waals surface area contributed by atoms with Gasteiger partial charge in [-0.2, -0.15) is 0 Å². The zero-order chi connectivity index (χ0) is 7.97. The monoisotopic (exact) mass is 592 g/mol. The Morgan fingerprint density at radius 2 is 1.17 bits per heavy atom. The Morgan fingerprint density at radius 1 is 0.750 bits per heavy atom. The molecule has 0 amide bonds. The van der Waals surface area contributed by atoms with Gasteiger partial charge in [-0.25, -0.2) is 0 Å². The molecule has 0 aromatic heterocycles. The molecule has 0 nitrogen and oxygen atoms in total. The SMILES string of the molecule is C1C[CH]([Bi]2[S][Bi]([CH]3CCC3)[S]2)C1. The van der Waals surface area contributed by atoms with Crippen molar-refractivity contribution < 1.29 is 0 Å². The Hall–Kier alpha value is 2.47. The maximum absolute atomic E-state index is 2.71. The number of rotatable bonds is 2. The Morgan fingerprint density at radius 3 is 1.42 bits per heavy atom. The van der Waals surface area contributed by atoms with E-state index < -0.39 is 37.6 Å². The Kier molecular flexibility index (Phi) is 3.34. The molecule has 4 heteroatoms. The minimum absolute atomic E-state index is 0.779. The Bertz CT molecular complexity index is 156. The Balaban J connectivity index is 1.44. The zero-order valence-electron chi connectivity index (χ0n) is 7.11. The first-order valence-corrected chi connectivity index (χ1v) is 27.4. The van der Waals surface area contributed by atoms with E-state index in [0.717, 1.165) is 0 Å². The number of hydrogen-bond donors (Lipinski definition) is 0. The molecule has 0 bridgehead atoms. The van der Waals surface area contributed by atoms with Crippen LogP contribution in [0.3, 0.4) is 0 Å². The average Bonchev–Trinajstić information content (AvgIpc) is 1.73. The summed E-state index contributed by atoms with van der Waals surface area (Å²) in [5, 5.41) is 5.42. The van der Waals surface area contributed by atoms with Gasteiger partial charge in [-0.3, -0.25) is 0 Å². The van der Waals surface area contributed by atoms with Crippen molar-refractivity contribution >= 4 is 48.2 Å². The van der Waals surface area contributed by atoms with Gasteiger partial charge in [0.2, 0.25) is 0 Å². The summed E-state index contributed by atoms with van der Waals surface area (Å²) in [6.07, 6.45) is 9.78. The number of hydrogen-bond acceptors (Lipinski definition) is 2. The minimum atomic E-state index is -0.779. The zero-order valence-corrected chi connectivity index (χ0v) is 15.7. The fourth-order valence-corrected chi connectivity index (χ4v) is 165. The predicted molar refractivity (Wildman–Crippen MR) is 61.9 cm³/mol. The molecule has 2 aliphatic carbocycles. The van der Waals surface area contributed by atoms with Crippen molar-refractivity contribution in [3.63, 3.8) is 0 Å². The maximum atomic E-state index is 2.71. The quantitative estimate of drug-likeness (QED) is 0.451. The summed E-state index contributed by atoms with van der Waals surface area (Å²) in [6, 6.07) is 0. The van der Waals surface area contributed by atoms with Crippen LogP contribution in [0.4, 0.5) is 0 Å². The summed E-state index contributed by atoms with van der Waals surface area (Å²) in [5.41, 5.74) is 0. The molecule has 0 aromatic rings. The van der Waals surface area contributed by atoms with Crippen LogP contribution in [0.25, 0.3) is 0 Å². The van der Waals surface area contributed by atoms with E-state index in [2.05, 4.69) is 10.5 Å². The van der Waals surface area contributed by atoms with E-state index in [1.54, 1.807) is 38.5 Å². The molecule has 0 unspecified atom stereocenters. The fraction of sp³-hybridized carbons (Fsp3) is 1.00. The summed E-state index contributed by atoms with van der Waals surface area (Å²) in [4.78, 5) is 0. The van der Waals surface area contributed by atoms with Gasteiger partial charge < -0.3 is 0 Å². The molecule has 12 heavy (non-hydrogen) atoms. The van der Waals surface area contributed by atoms with E-state index in [1.807, 2.05) is 0 Å². The van der Waals surface area contributed by atoms with Crippen LogP contribution in [-0.4, -0.2) is 37.6 Å². The first-order chi connectivity index (χ1) is 5.93. The average molecular weight is 592 g/mol. The molecule has 3 aliphatic rings. The molecule has 2 saturated carbocycles. The van der Waals surface area contributed by atoms with Crippen molar-refractivity contribution in [2.45, 2.75) is 45.8 Å². The van der Waals surface area contributed by atoms with Crippen LogP contribution in [0.1, 0.15) is 38.5 Å². The van der Waals surface area contributed by atoms with E-state index in [9.17, 15) is 0 Å². The topological polar surface area (TPSA) is 0 Å². The Labute approximate surface area is 92.4 Å². The summed E-state index contributed by atoms with van der Waals surface area (Å²) in [5.74, 6) is 0. The van der Waals surface area contributed by atoms with Gasteiger partial charge in [0, 0.05) is 0 Å². The van der Waals surface area contributed by atoms with Gasteiger partial charge in [-0.1, -0.05) is 0 Å². The molecule has 0 N–H and O–H groups in total. The van der Waals surface area contributed by atoms with Crippen LogP contribution in [0.2, 0.25) is 7.25 Å². The van der Waals surface area contributed by atoms with Crippen LogP contribution in [0.5, 0.6) is 0 Å². The first-order valence-electron chi connectivity index (χ1n) is 4.88. The summed E-state index contributed by atoms with van der Waals surface area (Å²) >= 11 is -1.56. The molecular formula is C8H14Bi2S2. The van der Waals surface area contributed by atoms with Crippen LogP contribution < -0.4 is 0 Å². The van der Waals surface area contributed by atoms with Crippen molar-refractivity contribution in [3.8, 4) is 0 Å². The van der Waals surface area contributed by atoms with Gasteiger partial charge >= 0.3 is 94.0 Å². The molecule has 68 valence electrons. The molecule has 0 radical (unpaired) electrons. The molecule has 0 spiro atoms. The summed E-state index contributed by atoms with van der Waals surface area (Å²) < 4.78 is 2.72. The van der Waals surface area contributed by atoms with E-state index in [-0.39, 0.29) is 0 Å². The van der Waals surface area contributed by atoms with Crippen LogP contribution >= 0.6 is 10.5 Å². The van der Waals surface area contributed by atoms with E-state index in [4.69, 9.17) is 0 Å². The predicted octanol–water partition coefficient (Wildman–Crippen LogP) is 3.55. The van der Waals surface area contributed by atoms with Crippen molar-refractivity contribution in [2.75, 3.05) is 0 Å². The molecule has 3 rings (SSSR count). The normalized spacial score (nSPS) is 34.0. The summed E-state index contributed by atoms with van der Waals surface area (Å²) in [7, 11) is 0. The molecule has 1 saturated heterocycles. The van der Waals surface area contributed by atoms with Gasteiger partial charge in [-0.15, -0.1) is 0 Å². The molecule has 3 fully saturated rings.